The number of hydrogen-bond acceptors (Lipinski definition) is 1. The zero-order chi connectivity index (χ0) is 14.8. The van der Waals surface area contributed by atoms with Gasteiger partial charge in [0.2, 0.25) is 0 Å². The molecule has 0 bridgehead atoms. The fraction of sp³-hybridized carbons (Fsp3) is 0.235. The number of carbonyl (C=O) groups is 1. The van der Waals surface area contributed by atoms with Crippen molar-refractivity contribution in [1.29, 1.82) is 0 Å². The number of benzene rings is 2. The van der Waals surface area contributed by atoms with Crippen LogP contribution in [0.4, 0.5) is 8.78 Å². The van der Waals surface area contributed by atoms with Crippen LogP contribution in [0.25, 0.3) is 0 Å². The Morgan fingerprint density at radius 3 is 2.52 bits per heavy atom. The van der Waals surface area contributed by atoms with Gasteiger partial charge in [-0.25, -0.2) is 8.78 Å². The quantitative estimate of drug-likeness (QED) is 0.819. The molecule has 3 rings (SSSR count). The van der Waals surface area contributed by atoms with Crippen molar-refractivity contribution in [2.24, 2.45) is 0 Å². The third kappa shape index (κ3) is 2.79. The Kier molecular flexibility index (Phi) is 3.69. The minimum atomic E-state index is -0.418. The van der Waals surface area contributed by atoms with Crippen LogP contribution in [0, 0.1) is 11.6 Å². The Morgan fingerprint density at radius 1 is 1.05 bits per heavy atom. The molecule has 108 valence electrons. The molecule has 1 saturated heterocycles. The van der Waals surface area contributed by atoms with Crippen LogP contribution >= 0.6 is 0 Å². The van der Waals surface area contributed by atoms with E-state index >= 15 is 0 Å². The lowest BCUT2D eigenvalue weighted by Crippen LogP contribution is -2.30. The highest BCUT2D eigenvalue weighted by Crippen LogP contribution is 2.33. The van der Waals surface area contributed by atoms with E-state index in [2.05, 4.69) is 0 Å². The second kappa shape index (κ2) is 5.64. The average molecular weight is 287 g/mol. The first-order chi connectivity index (χ1) is 10.1. The van der Waals surface area contributed by atoms with Crippen molar-refractivity contribution in [3.63, 3.8) is 0 Å². The third-order valence-electron chi connectivity index (χ3n) is 3.84. The predicted octanol–water partition coefficient (Wildman–Crippen LogP) is 3.94. The molecule has 1 fully saturated rings. The van der Waals surface area contributed by atoms with E-state index in [4.69, 9.17) is 0 Å². The minimum Gasteiger partial charge on any atom is -0.332 e. The van der Waals surface area contributed by atoms with Crippen LogP contribution in [0.1, 0.15) is 34.8 Å². The molecule has 0 aliphatic carbocycles. The summed E-state index contributed by atoms with van der Waals surface area (Å²) in [6, 6.07) is 11.9. The van der Waals surface area contributed by atoms with E-state index in [0.29, 0.717) is 12.1 Å². The number of hydrogen-bond donors (Lipinski definition) is 0. The van der Waals surface area contributed by atoms with Crippen LogP contribution in [0.2, 0.25) is 0 Å². The predicted molar refractivity (Wildman–Crippen MR) is 75.8 cm³/mol. The molecule has 1 amide bonds. The van der Waals surface area contributed by atoms with Crippen molar-refractivity contribution >= 4 is 5.91 Å². The minimum absolute atomic E-state index is 0.0682. The van der Waals surface area contributed by atoms with Crippen molar-refractivity contribution in [2.75, 3.05) is 6.54 Å². The molecule has 1 aliphatic heterocycles. The van der Waals surface area contributed by atoms with Gasteiger partial charge in [-0.1, -0.05) is 18.2 Å². The second-order valence-corrected chi connectivity index (χ2v) is 5.22. The standard InChI is InChI=1S/C17H15F2NO/c18-14-8-6-12(7-9-14)16-5-2-10-20(16)17(21)13-3-1-4-15(19)11-13/h1,3-4,6-9,11,16H,2,5,10H2/t16-/m1/s1. The van der Waals surface area contributed by atoms with E-state index in [-0.39, 0.29) is 17.8 Å². The molecular weight excluding hydrogens is 272 g/mol. The van der Waals surface area contributed by atoms with Gasteiger partial charge in [0.05, 0.1) is 6.04 Å². The highest BCUT2D eigenvalue weighted by atomic mass is 19.1. The number of amides is 1. The normalized spacial score (nSPS) is 18.0. The van der Waals surface area contributed by atoms with Gasteiger partial charge in [0.15, 0.2) is 0 Å². The van der Waals surface area contributed by atoms with Crippen LogP contribution in [0.5, 0.6) is 0 Å². The van der Waals surface area contributed by atoms with Gasteiger partial charge in [0, 0.05) is 12.1 Å². The SMILES string of the molecule is O=C(c1cccc(F)c1)N1CCC[C@@H]1c1ccc(F)cc1. The van der Waals surface area contributed by atoms with Gasteiger partial charge < -0.3 is 4.90 Å². The first-order valence-corrected chi connectivity index (χ1v) is 6.97. The van der Waals surface area contributed by atoms with Crippen molar-refractivity contribution in [2.45, 2.75) is 18.9 Å². The molecule has 0 spiro atoms. The lowest BCUT2D eigenvalue weighted by atomic mass is 10.0. The summed E-state index contributed by atoms with van der Waals surface area (Å²) in [5.41, 5.74) is 1.27. The van der Waals surface area contributed by atoms with E-state index in [1.807, 2.05) is 0 Å². The highest BCUT2D eigenvalue weighted by Gasteiger charge is 2.30. The van der Waals surface area contributed by atoms with Crippen molar-refractivity contribution < 1.29 is 13.6 Å². The molecule has 0 radical (unpaired) electrons. The summed E-state index contributed by atoms with van der Waals surface area (Å²) in [6.45, 7) is 0.636. The lowest BCUT2D eigenvalue weighted by Gasteiger charge is -2.25. The zero-order valence-electron chi connectivity index (χ0n) is 11.4. The lowest BCUT2D eigenvalue weighted by molar-refractivity contribution is 0.0735. The summed E-state index contributed by atoms with van der Waals surface area (Å²) in [7, 11) is 0. The molecule has 4 heteroatoms. The maximum absolute atomic E-state index is 13.3. The largest absolute Gasteiger partial charge is 0.332 e. The van der Waals surface area contributed by atoms with Gasteiger partial charge in [0.25, 0.3) is 5.91 Å². The van der Waals surface area contributed by atoms with Gasteiger partial charge in [-0.05, 0) is 48.7 Å². The zero-order valence-corrected chi connectivity index (χ0v) is 11.4. The Balaban J connectivity index is 1.87. The number of halogens is 2. The van der Waals surface area contributed by atoms with Crippen molar-refractivity contribution in [3.8, 4) is 0 Å². The highest BCUT2D eigenvalue weighted by molar-refractivity contribution is 5.94. The summed E-state index contributed by atoms with van der Waals surface area (Å²) < 4.78 is 26.3. The van der Waals surface area contributed by atoms with Gasteiger partial charge >= 0.3 is 0 Å². The fourth-order valence-corrected chi connectivity index (χ4v) is 2.83. The van der Waals surface area contributed by atoms with E-state index in [9.17, 15) is 13.6 Å². The first-order valence-electron chi connectivity index (χ1n) is 6.97. The number of nitrogens with zero attached hydrogens (tertiary/aromatic N) is 1. The van der Waals surface area contributed by atoms with Crippen molar-refractivity contribution in [1.82, 2.24) is 4.90 Å². The first kappa shape index (κ1) is 13.7. The molecule has 2 aromatic rings. The Bertz CT molecular complexity index is 654. The van der Waals surface area contributed by atoms with Gasteiger partial charge in [-0.2, -0.15) is 0 Å². The van der Waals surface area contributed by atoms with Crippen LogP contribution < -0.4 is 0 Å². The molecule has 1 heterocycles. The Labute approximate surface area is 122 Å². The average Bonchev–Trinajstić information content (AvgIpc) is 2.96. The molecule has 21 heavy (non-hydrogen) atoms. The van der Waals surface area contributed by atoms with E-state index in [0.717, 1.165) is 18.4 Å². The van der Waals surface area contributed by atoms with Gasteiger partial charge in [0.1, 0.15) is 11.6 Å². The van der Waals surface area contributed by atoms with Crippen LogP contribution in [0.15, 0.2) is 48.5 Å². The summed E-state index contributed by atoms with van der Waals surface area (Å²) in [6.07, 6.45) is 1.73. The molecule has 0 unspecified atom stereocenters. The third-order valence-corrected chi connectivity index (χ3v) is 3.84. The van der Waals surface area contributed by atoms with Crippen molar-refractivity contribution in [3.05, 3.63) is 71.3 Å². The molecular formula is C17H15F2NO. The van der Waals surface area contributed by atoms with E-state index in [1.165, 1.54) is 30.3 Å². The van der Waals surface area contributed by atoms with Crippen LogP contribution in [0.3, 0.4) is 0 Å². The van der Waals surface area contributed by atoms with E-state index in [1.54, 1.807) is 23.1 Å². The summed E-state index contributed by atoms with van der Waals surface area (Å²) in [5, 5.41) is 0. The van der Waals surface area contributed by atoms with Crippen LogP contribution in [-0.2, 0) is 0 Å². The fourth-order valence-electron chi connectivity index (χ4n) is 2.83. The number of likely N-dealkylation sites (tertiary alicyclic amines) is 1. The molecule has 0 saturated carbocycles. The summed E-state index contributed by atoms with van der Waals surface area (Å²) in [5.74, 6) is -0.889. The van der Waals surface area contributed by atoms with Gasteiger partial charge in [-0.3, -0.25) is 4.79 Å². The Hall–Kier alpha value is -2.23. The molecule has 1 aliphatic rings. The molecule has 2 nitrogen and oxygen atoms in total. The van der Waals surface area contributed by atoms with E-state index < -0.39 is 5.82 Å². The van der Waals surface area contributed by atoms with Gasteiger partial charge in [-0.15, -0.1) is 0 Å². The molecule has 1 atom stereocenters. The maximum atomic E-state index is 13.3. The Morgan fingerprint density at radius 2 is 1.81 bits per heavy atom. The molecule has 0 aromatic heterocycles. The number of carbonyl (C=O) groups excluding carboxylic acids is 1. The second-order valence-electron chi connectivity index (χ2n) is 5.22. The van der Waals surface area contributed by atoms with Crippen LogP contribution in [-0.4, -0.2) is 17.4 Å². The molecule has 0 N–H and O–H groups in total. The topological polar surface area (TPSA) is 20.3 Å². The molecule has 2 aromatic carbocycles. The summed E-state index contributed by atoms with van der Waals surface area (Å²) in [4.78, 5) is 14.3. The maximum Gasteiger partial charge on any atom is 0.254 e. The monoisotopic (exact) mass is 287 g/mol. The smallest absolute Gasteiger partial charge is 0.254 e. The summed E-state index contributed by atoms with van der Waals surface area (Å²) >= 11 is 0. The number of rotatable bonds is 2.